The molecular weight excluding hydrogens is 322 g/mol. The third-order valence-electron chi connectivity index (χ3n) is 4.70. The molecular formula is C22H31N3O. The molecule has 4 heteroatoms. The number of urea groups is 1. The number of nitrogens with zero attached hydrogens (tertiary/aromatic N) is 1. The summed E-state index contributed by atoms with van der Waals surface area (Å²) >= 11 is 0. The van der Waals surface area contributed by atoms with Crippen LogP contribution in [0.15, 0.2) is 36.5 Å². The van der Waals surface area contributed by atoms with E-state index in [0.29, 0.717) is 6.54 Å². The van der Waals surface area contributed by atoms with Gasteiger partial charge in [-0.15, -0.1) is 0 Å². The maximum Gasteiger partial charge on any atom is 0.315 e. The zero-order chi connectivity index (χ0) is 19.3. The van der Waals surface area contributed by atoms with Gasteiger partial charge in [0.25, 0.3) is 0 Å². The molecule has 0 saturated carbocycles. The molecule has 2 rings (SSSR count). The highest BCUT2D eigenvalue weighted by atomic mass is 16.2. The summed E-state index contributed by atoms with van der Waals surface area (Å²) in [5.74, 6) is 0. The Labute approximate surface area is 157 Å². The highest BCUT2D eigenvalue weighted by molar-refractivity contribution is 5.74. The minimum absolute atomic E-state index is 0.120. The normalized spacial score (nSPS) is 12.5. The third kappa shape index (κ3) is 5.32. The summed E-state index contributed by atoms with van der Waals surface area (Å²) in [5, 5.41) is 5.88. The first-order chi connectivity index (χ1) is 12.2. The maximum atomic E-state index is 12.1. The van der Waals surface area contributed by atoms with Crippen LogP contribution in [0.25, 0.3) is 0 Å². The van der Waals surface area contributed by atoms with E-state index in [-0.39, 0.29) is 17.5 Å². The van der Waals surface area contributed by atoms with Crippen LogP contribution in [0.3, 0.4) is 0 Å². The Hall–Kier alpha value is -2.36. The summed E-state index contributed by atoms with van der Waals surface area (Å²) in [6, 6.07) is 9.96. The van der Waals surface area contributed by atoms with E-state index in [9.17, 15) is 4.79 Å². The highest BCUT2D eigenvalue weighted by Crippen LogP contribution is 2.27. The van der Waals surface area contributed by atoms with Gasteiger partial charge in [0, 0.05) is 12.7 Å². The topological polar surface area (TPSA) is 54.0 Å². The lowest BCUT2D eigenvalue weighted by atomic mass is 9.83. The molecule has 1 aromatic carbocycles. The number of aromatic nitrogens is 1. The number of pyridine rings is 1. The third-order valence-corrected chi connectivity index (χ3v) is 4.70. The van der Waals surface area contributed by atoms with Gasteiger partial charge in [-0.2, -0.15) is 0 Å². The number of carbonyl (C=O) groups excluding carboxylic acids is 1. The standard InChI is InChI=1S/C22H31N3O/c1-15-13-18(22(4,5)6)14-16(2)19(15)10-12-24-21(26)25-17(3)20-9-7-8-11-23-20/h7-9,11,13-14,17H,10,12H2,1-6H3,(H2,24,25,26). The summed E-state index contributed by atoms with van der Waals surface area (Å²) in [4.78, 5) is 16.4. The van der Waals surface area contributed by atoms with Crippen molar-refractivity contribution in [3.05, 3.63) is 64.5 Å². The van der Waals surface area contributed by atoms with Gasteiger partial charge in [-0.1, -0.05) is 39.0 Å². The van der Waals surface area contributed by atoms with Gasteiger partial charge in [0.1, 0.15) is 0 Å². The van der Waals surface area contributed by atoms with Gasteiger partial charge in [0.2, 0.25) is 0 Å². The number of carbonyl (C=O) groups is 1. The minimum Gasteiger partial charge on any atom is -0.338 e. The SMILES string of the molecule is Cc1cc(C(C)(C)C)cc(C)c1CCNC(=O)NC(C)c1ccccn1. The lowest BCUT2D eigenvalue weighted by Gasteiger charge is -2.22. The molecule has 2 amide bonds. The number of amides is 2. The van der Waals surface area contributed by atoms with Crippen molar-refractivity contribution in [3.8, 4) is 0 Å². The fraction of sp³-hybridized carbons (Fsp3) is 0.455. The lowest BCUT2D eigenvalue weighted by molar-refractivity contribution is 0.238. The summed E-state index contributed by atoms with van der Waals surface area (Å²) in [6.45, 7) is 13.5. The molecule has 2 N–H and O–H groups in total. The van der Waals surface area contributed by atoms with Gasteiger partial charge in [-0.05, 0) is 67.0 Å². The molecule has 0 aliphatic carbocycles. The number of hydrogen-bond donors (Lipinski definition) is 2. The molecule has 0 saturated heterocycles. The molecule has 0 radical (unpaired) electrons. The molecule has 0 spiro atoms. The Bertz CT molecular complexity index is 725. The zero-order valence-electron chi connectivity index (χ0n) is 16.8. The van der Waals surface area contributed by atoms with Crippen LogP contribution in [0.2, 0.25) is 0 Å². The number of benzene rings is 1. The van der Waals surface area contributed by atoms with Crippen LogP contribution in [-0.4, -0.2) is 17.6 Å². The number of nitrogens with one attached hydrogen (secondary N) is 2. The van der Waals surface area contributed by atoms with Gasteiger partial charge in [-0.25, -0.2) is 4.79 Å². The lowest BCUT2D eigenvalue weighted by Crippen LogP contribution is -2.38. The number of rotatable bonds is 5. The van der Waals surface area contributed by atoms with Crippen LogP contribution in [0.5, 0.6) is 0 Å². The highest BCUT2D eigenvalue weighted by Gasteiger charge is 2.16. The molecule has 4 nitrogen and oxygen atoms in total. The van der Waals surface area contributed by atoms with Crippen molar-refractivity contribution in [3.63, 3.8) is 0 Å². The van der Waals surface area contributed by atoms with Gasteiger partial charge in [0.15, 0.2) is 0 Å². The Morgan fingerprint density at radius 1 is 1.15 bits per heavy atom. The molecule has 140 valence electrons. The average Bonchev–Trinajstić information content (AvgIpc) is 2.57. The van der Waals surface area contributed by atoms with E-state index in [1.54, 1.807) is 6.20 Å². The van der Waals surface area contributed by atoms with Gasteiger partial charge < -0.3 is 10.6 Å². The fourth-order valence-corrected chi connectivity index (χ4v) is 3.08. The molecule has 0 fully saturated rings. The fourth-order valence-electron chi connectivity index (χ4n) is 3.08. The van der Waals surface area contributed by atoms with Crippen molar-refractivity contribution >= 4 is 6.03 Å². The first-order valence-corrected chi connectivity index (χ1v) is 9.24. The summed E-state index contributed by atoms with van der Waals surface area (Å²) in [5.41, 5.74) is 6.25. The smallest absolute Gasteiger partial charge is 0.315 e. The minimum atomic E-state index is -0.162. The first kappa shape index (κ1) is 20.0. The number of aryl methyl sites for hydroxylation is 2. The van der Waals surface area contributed by atoms with Crippen molar-refractivity contribution in [2.75, 3.05) is 6.54 Å². The Balaban J connectivity index is 1.90. The second-order valence-corrected chi connectivity index (χ2v) is 7.97. The van der Waals surface area contributed by atoms with E-state index in [1.807, 2.05) is 25.1 Å². The average molecular weight is 354 g/mol. The molecule has 26 heavy (non-hydrogen) atoms. The van der Waals surface area contributed by atoms with Gasteiger partial charge in [0.05, 0.1) is 11.7 Å². The van der Waals surface area contributed by atoms with Crippen LogP contribution in [0, 0.1) is 13.8 Å². The van der Waals surface area contributed by atoms with E-state index in [4.69, 9.17) is 0 Å². The Morgan fingerprint density at radius 3 is 2.35 bits per heavy atom. The molecule has 1 aromatic heterocycles. The van der Waals surface area contributed by atoms with Crippen molar-refractivity contribution in [2.45, 2.75) is 59.4 Å². The van der Waals surface area contributed by atoms with Crippen molar-refractivity contribution in [2.24, 2.45) is 0 Å². The van der Waals surface area contributed by atoms with E-state index in [2.05, 4.69) is 62.4 Å². The molecule has 1 atom stereocenters. The predicted octanol–water partition coefficient (Wildman–Crippen LogP) is 4.60. The molecule has 1 unspecified atom stereocenters. The zero-order valence-corrected chi connectivity index (χ0v) is 16.8. The van der Waals surface area contributed by atoms with Gasteiger partial charge >= 0.3 is 6.03 Å². The van der Waals surface area contributed by atoms with Crippen LogP contribution >= 0.6 is 0 Å². The number of hydrogen-bond acceptors (Lipinski definition) is 2. The first-order valence-electron chi connectivity index (χ1n) is 9.24. The van der Waals surface area contributed by atoms with Crippen LogP contribution in [0.4, 0.5) is 4.79 Å². The van der Waals surface area contributed by atoms with Crippen molar-refractivity contribution in [1.29, 1.82) is 0 Å². The largest absolute Gasteiger partial charge is 0.338 e. The summed E-state index contributed by atoms with van der Waals surface area (Å²) in [6.07, 6.45) is 2.56. The summed E-state index contributed by atoms with van der Waals surface area (Å²) in [7, 11) is 0. The van der Waals surface area contributed by atoms with Crippen LogP contribution in [-0.2, 0) is 11.8 Å². The Kier molecular flexibility index (Phi) is 6.41. The van der Waals surface area contributed by atoms with E-state index in [0.717, 1.165) is 12.1 Å². The monoisotopic (exact) mass is 353 g/mol. The van der Waals surface area contributed by atoms with Crippen molar-refractivity contribution in [1.82, 2.24) is 15.6 Å². The predicted molar refractivity (Wildman–Crippen MR) is 108 cm³/mol. The Morgan fingerprint density at radius 2 is 1.81 bits per heavy atom. The second kappa shape index (κ2) is 8.35. The molecule has 1 heterocycles. The maximum absolute atomic E-state index is 12.1. The van der Waals surface area contributed by atoms with Crippen LogP contribution in [0.1, 0.15) is 61.7 Å². The van der Waals surface area contributed by atoms with Crippen LogP contribution < -0.4 is 10.6 Å². The van der Waals surface area contributed by atoms with E-state index in [1.165, 1.54) is 22.3 Å². The van der Waals surface area contributed by atoms with Crippen molar-refractivity contribution < 1.29 is 4.79 Å². The molecule has 2 aromatic rings. The quantitative estimate of drug-likeness (QED) is 0.825. The summed E-state index contributed by atoms with van der Waals surface area (Å²) < 4.78 is 0. The molecule has 0 bridgehead atoms. The second-order valence-electron chi connectivity index (χ2n) is 7.97. The molecule has 0 aliphatic rings. The molecule has 0 aliphatic heterocycles. The van der Waals surface area contributed by atoms with Gasteiger partial charge in [-0.3, -0.25) is 4.98 Å². The van der Waals surface area contributed by atoms with E-state index < -0.39 is 0 Å². The van der Waals surface area contributed by atoms with E-state index >= 15 is 0 Å².